The number of methoxy groups -OCH3 is 1. The fraction of sp³-hybridized carbons (Fsp3) is 0.417. The van der Waals surface area contributed by atoms with Gasteiger partial charge in [0.05, 0.1) is 29.6 Å². The molecule has 10 nitrogen and oxygen atoms in total. The van der Waals surface area contributed by atoms with E-state index in [0.717, 1.165) is 16.8 Å². The van der Waals surface area contributed by atoms with Crippen molar-refractivity contribution >= 4 is 28.6 Å². The van der Waals surface area contributed by atoms with Gasteiger partial charge in [0.25, 0.3) is 0 Å². The third-order valence-corrected chi connectivity index (χ3v) is 6.73. The summed E-state index contributed by atoms with van der Waals surface area (Å²) in [7, 11) is 1.30. The maximum absolute atomic E-state index is 13.6. The van der Waals surface area contributed by atoms with Crippen LogP contribution < -0.4 is 15.5 Å². The molecule has 184 valence electrons. The molecule has 2 aliphatic heterocycles. The maximum Gasteiger partial charge on any atom is 0.356 e. The van der Waals surface area contributed by atoms with Gasteiger partial charge in [0.1, 0.15) is 11.4 Å². The molecule has 2 saturated heterocycles. The van der Waals surface area contributed by atoms with Gasteiger partial charge in [-0.25, -0.2) is 18.9 Å². The van der Waals surface area contributed by atoms with Crippen molar-refractivity contribution in [3.8, 4) is 5.69 Å². The lowest BCUT2D eigenvalue weighted by molar-refractivity contribution is -0.125. The number of nitrogens with zero attached hydrogens (tertiary/aromatic N) is 4. The molecule has 1 amide bonds. The number of rotatable bonds is 4. The number of halogens is 1. The lowest BCUT2D eigenvalue weighted by Crippen LogP contribution is -2.55. The molecule has 2 aliphatic rings. The number of nitrogens with one attached hydrogen (secondary N) is 2. The van der Waals surface area contributed by atoms with Crippen LogP contribution in [0.2, 0.25) is 0 Å². The van der Waals surface area contributed by atoms with Crippen molar-refractivity contribution in [2.24, 2.45) is 0 Å². The smallest absolute Gasteiger partial charge is 0.356 e. The van der Waals surface area contributed by atoms with Crippen LogP contribution in [0.4, 0.5) is 10.1 Å². The van der Waals surface area contributed by atoms with Crippen LogP contribution in [0.15, 0.2) is 30.3 Å². The zero-order chi connectivity index (χ0) is 24.9. The van der Waals surface area contributed by atoms with Crippen LogP contribution >= 0.6 is 0 Å². The molecule has 1 unspecified atom stereocenters. The molecule has 11 heteroatoms. The van der Waals surface area contributed by atoms with E-state index in [1.165, 1.54) is 19.2 Å². The van der Waals surface area contributed by atoms with Gasteiger partial charge in [-0.1, -0.05) is 13.8 Å². The lowest BCUT2D eigenvalue weighted by atomic mass is 9.87. The van der Waals surface area contributed by atoms with E-state index in [4.69, 9.17) is 9.84 Å². The van der Waals surface area contributed by atoms with E-state index in [-0.39, 0.29) is 23.3 Å². The van der Waals surface area contributed by atoms with Crippen LogP contribution in [0.1, 0.15) is 48.8 Å². The summed E-state index contributed by atoms with van der Waals surface area (Å²) in [6.45, 7) is 5.06. The summed E-state index contributed by atoms with van der Waals surface area (Å²) in [5.41, 5.74) is 1.93. The number of ether oxygens (including phenoxy) is 1. The Bertz CT molecular complexity index is 1300. The minimum absolute atomic E-state index is 0.0391. The highest BCUT2D eigenvalue weighted by Crippen LogP contribution is 2.37. The van der Waals surface area contributed by atoms with Crippen LogP contribution in [0, 0.1) is 5.82 Å². The lowest BCUT2D eigenvalue weighted by Gasteiger charge is -2.39. The van der Waals surface area contributed by atoms with Crippen molar-refractivity contribution in [2.45, 2.75) is 44.5 Å². The highest BCUT2D eigenvalue weighted by Gasteiger charge is 2.48. The first kappa shape index (κ1) is 23.2. The monoisotopic (exact) mass is 482 g/mol. The van der Waals surface area contributed by atoms with Gasteiger partial charge < -0.3 is 20.1 Å². The van der Waals surface area contributed by atoms with Gasteiger partial charge in [-0.05, 0) is 49.1 Å². The Labute approximate surface area is 201 Å². The number of piperidine rings is 1. The number of hydrogen-bond acceptors (Lipinski definition) is 8. The molecule has 1 spiro atoms. The molecule has 3 N–H and O–H groups in total. The van der Waals surface area contributed by atoms with Crippen molar-refractivity contribution in [2.75, 3.05) is 25.1 Å². The van der Waals surface area contributed by atoms with Crippen LogP contribution in [0.3, 0.4) is 0 Å². The number of aliphatic hydroxyl groups is 1. The molecule has 1 aromatic carbocycles. The number of hydrogen-bond donors (Lipinski definition) is 3. The molecule has 2 aromatic heterocycles. The molecule has 0 saturated carbocycles. The molecular weight excluding hydrogens is 455 g/mol. The molecule has 0 aliphatic carbocycles. The first-order chi connectivity index (χ1) is 16.7. The maximum atomic E-state index is 13.6. The van der Waals surface area contributed by atoms with E-state index in [2.05, 4.69) is 20.5 Å². The van der Waals surface area contributed by atoms with E-state index in [0.29, 0.717) is 37.3 Å². The fourth-order valence-electron chi connectivity index (χ4n) is 4.87. The Morgan fingerprint density at radius 1 is 1.26 bits per heavy atom. The van der Waals surface area contributed by atoms with Crippen LogP contribution in [-0.2, 0) is 9.53 Å². The molecule has 1 atom stereocenters. The molecule has 3 aromatic rings. The summed E-state index contributed by atoms with van der Waals surface area (Å²) >= 11 is 0. The highest BCUT2D eigenvalue weighted by molar-refractivity contribution is 5.99. The van der Waals surface area contributed by atoms with E-state index in [1.807, 2.05) is 13.8 Å². The number of benzene rings is 1. The summed E-state index contributed by atoms with van der Waals surface area (Å²) in [5.74, 6) is -1.13. The van der Waals surface area contributed by atoms with Crippen molar-refractivity contribution in [1.82, 2.24) is 25.4 Å². The second kappa shape index (κ2) is 8.58. The Hall–Kier alpha value is -3.57. The standard InChI is InChI=1S/C24H27FN6O4/c1-13(2)19-18-17(30-10-8-24(9-11-30)22(33)27-23(34)28-24)12-16(21(32)35-3)26-20(18)31(29-19)15-6-4-14(25)5-7-15/h4-7,12-13,23,28,34H,8-11H2,1-3H3,(H,27,33). The average Bonchev–Trinajstić information content (AvgIpc) is 3.36. The topological polar surface area (TPSA) is 122 Å². The van der Waals surface area contributed by atoms with Gasteiger partial charge in [-0.15, -0.1) is 0 Å². The van der Waals surface area contributed by atoms with Gasteiger partial charge in [-0.3, -0.25) is 10.1 Å². The van der Waals surface area contributed by atoms with Gasteiger partial charge >= 0.3 is 5.97 Å². The summed E-state index contributed by atoms with van der Waals surface area (Å²) in [6, 6.07) is 7.62. The molecule has 35 heavy (non-hydrogen) atoms. The fourth-order valence-corrected chi connectivity index (χ4v) is 4.87. The Kier molecular flexibility index (Phi) is 5.68. The summed E-state index contributed by atoms with van der Waals surface area (Å²) in [5, 5.41) is 20.9. The molecule has 5 rings (SSSR count). The first-order valence-electron chi connectivity index (χ1n) is 11.5. The van der Waals surface area contributed by atoms with Gasteiger partial charge in [-0.2, -0.15) is 5.10 Å². The second-order valence-corrected chi connectivity index (χ2v) is 9.23. The molecule has 0 bridgehead atoms. The van der Waals surface area contributed by atoms with Crippen LogP contribution in [0.5, 0.6) is 0 Å². The molecule has 0 radical (unpaired) electrons. The van der Waals surface area contributed by atoms with Crippen molar-refractivity contribution in [1.29, 1.82) is 0 Å². The second-order valence-electron chi connectivity index (χ2n) is 9.23. The number of aromatic nitrogens is 3. The summed E-state index contributed by atoms with van der Waals surface area (Å²) < 4.78 is 20.2. The van der Waals surface area contributed by atoms with E-state index in [1.54, 1.807) is 22.9 Å². The van der Waals surface area contributed by atoms with Crippen molar-refractivity contribution in [3.63, 3.8) is 0 Å². The molecule has 4 heterocycles. The predicted octanol–water partition coefficient (Wildman–Crippen LogP) is 1.80. The van der Waals surface area contributed by atoms with Crippen LogP contribution in [0.25, 0.3) is 16.7 Å². The number of esters is 1. The molecule has 2 fully saturated rings. The average molecular weight is 483 g/mol. The van der Waals surface area contributed by atoms with Crippen molar-refractivity contribution < 1.29 is 23.8 Å². The van der Waals surface area contributed by atoms with Gasteiger partial charge in [0.15, 0.2) is 17.7 Å². The third kappa shape index (κ3) is 3.90. The summed E-state index contributed by atoms with van der Waals surface area (Å²) in [6.07, 6.45) is -0.124. The van der Waals surface area contributed by atoms with E-state index in [9.17, 15) is 19.1 Å². The Morgan fingerprint density at radius 2 is 1.94 bits per heavy atom. The highest BCUT2D eigenvalue weighted by atomic mass is 19.1. The van der Waals surface area contributed by atoms with Crippen molar-refractivity contribution in [3.05, 3.63) is 47.5 Å². The minimum Gasteiger partial charge on any atom is -0.464 e. The van der Waals surface area contributed by atoms with Crippen LogP contribution in [-0.4, -0.2) is 63.8 Å². The zero-order valence-electron chi connectivity index (χ0n) is 19.7. The third-order valence-electron chi connectivity index (χ3n) is 6.73. The Balaban J connectivity index is 1.64. The number of fused-ring (bicyclic) bond motifs is 1. The predicted molar refractivity (Wildman–Crippen MR) is 126 cm³/mol. The zero-order valence-corrected chi connectivity index (χ0v) is 19.7. The SMILES string of the molecule is COC(=O)c1cc(N2CCC3(CC2)NC(O)NC3=O)c2c(C(C)C)nn(-c3ccc(F)cc3)c2n1. The normalized spacial score (nSPS) is 19.5. The number of anilines is 1. The largest absolute Gasteiger partial charge is 0.464 e. The van der Waals surface area contributed by atoms with Gasteiger partial charge in [0, 0.05) is 13.1 Å². The first-order valence-corrected chi connectivity index (χ1v) is 11.5. The van der Waals surface area contributed by atoms with Gasteiger partial charge in [0.2, 0.25) is 5.91 Å². The number of aliphatic hydroxyl groups excluding tert-OH is 1. The Morgan fingerprint density at radius 3 is 2.51 bits per heavy atom. The van der Waals surface area contributed by atoms with E-state index < -0.39 is 17.9 Å². The number of pyridine rings is 1. The minimum atomic E-state index is -1.06. The quantitative estimate of drug-likeness (QED) is 0.482. The molecular formula is C24H27FN6O4. The summed E-state index contributed by atoms with van der Waals surface area (Å²) in [4.78, 5) is 31.7. The number of carbonyl (C=O) groups is 2. The number of carbonyl (C=O) groups excluding carboxylic acids is 2. The van der Waals surface area contributed by atoms with E-state index >= 15 is 0 Å². The number of amides is 1.